The van der Waals surface area contributed by atoms with Gasteiger partial charge in [0.2, 0.25) is 0 Å². The summed E-state index contributed by atoms with van der Waals surface area (Å²) in [5, 5.41) is 6.16. The SMILES string of the molecule is COc1cc(OC)cc(C(=O)Nc2ccccc2NC(=O)c2ccc(Cl)cc2)c1. The average Bonchev–Trinajstić information content (AvgIpc) is 2.75. The third-order valence-corrected chi connectivity index (χ3v) is 4.40. The van der Waals surface area contributed by atoms with Gasteiger partial charge in [-0.15, -0.1) is 0 Å². The molecule has 0 saturated carbocycles. The van der Waals surface area contributed by atoms with Crippen molar-refractivity contribution in [1.29, 1.82) is 0 Å². The molecule has 0 radical (unpaired) electrons. The van der Waals surface area contributed by atoms with Gasteiger partial charge >= 0.3 is 0 Å². The summed E-state index contributed by atoms with van der Waals surface area (Å²) in [6, 6.07) is 18.4. The fraction of sp³-hybridized carbons (Fsp3) is 0.0909. The topological polar surface area (TPSA) is 76.7 Å². The molecule has 0 unspecified atom stereocenters. The predicted molar refractivity (Wildman–Crippen MR) is 113 cm³/mol. The van der Waals surface area contributed by atoms with Gasteiger partial charge in [0, 0.05) is 22.2 Å². The number of halogens is 1. The molecular weight excluding hydrogens is 392 g/mol. The summed E-state index contributed by atoms with van der Waals surface area (Å²) in [5.41, 5.74) is 1.74. The maximum atomic E-state index is 12.7. The molecule has 6 nitrogen and oxygen atoms in total. The number of hydrogen-bond donors (Lipinski definition) is 2. The predicted octanol–water partition coefficient (Wildman–Crippen LogP) is 4.86. The van der Waals surface area contributed by atoms with Crippen molar-refractivity contribution in [3.8, 4) is 11.5 Å². The van der Waals surface area contributed by atoms with Crippen LogP contribution in [0.5, 0.6) is 11.5 Å². The van der Waals surface area contributed by atoms with Crippen molar-refractivity contribution in [1.82, 2.24) is 0 Å². The molecule has 29 heavy (non-hydrogen) atoms. The van der Waals surface area contributed by atoms with E-state index in [0.29, 0.717) is 39.0 Å². The second-order valence-electron chi connectivity index (χ2n) is 6.06. The second-order valence-corrected chi connectivity index (χ2v) is 6.50. The summed E-state index contributed by atoms with van der Waals surface area (Å²) >= 11 is 5.86. The average molecular weight is 411 g/mol. The number of methoxy groups -OCH3 is 2. The number of anilines is 2. The van der Waals surface area contributed by atoms with E-state index in [9.17, 15) is 9.59 Å². The van der Waals surface area contributed by atoms with E-state index in [2.05, 4.69) is 10.6 Å². The lowest BCUT2D eigenvalue weighted by atomic mass is 10.1. The quantitative estimate of drug-likeness (QED) is 0.608. The third-order valence-electron chi connectivity index (χ3n) is 4.14. The molecule has 0 heterocycles. The van der Waals surface area contributed by atoms with Crippen LogP contribution in [0, 0.1) is 0 Å². The van der Waals surface area contributed by atoms with Crippen LogP contribution >= 0.6 is 11.6 Å². The summed E-state index contributed by atoms with van der Waals surface area (Å²) in [5.74, 6) is 0.319. The van der Waals surface area contributed by atoms with Crippen molar-refractivity contribution >= 4 is 34.8 Å². The lowest BCUT2D eigenvalue weighted by molar-refractivity contribution is 0.101. The Kier molecular flexibility index (Phi) is 6.36. The van der Waals surface area contributed by atoms with E-state index in [0.717, 1.165) is 0 Å². The molecule has 0 aliphatic rings. The first-order chi connectivity index (χ1) is 14.0. The van der Waals surface area contributed by atoms with Crippen LogP contribution in [0.3, 0.4) is 0 Å². The minimum atomic E-state index is -0.365. The van der Waals surface area contributed by atoms with Crippen molar-refractivity contribution in [2.75, 3.05) is 24.9 Å². The summed E-state index contributed by atoms with van der Waals surface area (Å²) in [4.78, 5) is 25.2. The van der Waals surface area contributed by atoms with E-state index < -0.39 is 0 Å². The Balaban J connectivity index is 1.81. The van der Waals surface area contributed by atoms with Crippen LogP contribution in [0.15, 0.2) is 66.7 Å². The van der Waals surface area contributed by atoms with Gasteiger partial charge in [0.25, 0.3) is 11.8 Å². The molecule has 0 fully saturated rings. The molecule has 2 N–H and O–H groups in total. The number of ether oxygens (including phenoxy) is 2. The number of para-hydroxylation sites is 2. The summed E-state index contributed by atoms with van der Waals surface area (Å²) in [6.07, 6.45) is 0. The van der Waals surface area contributed by atoms with Crippen LogP contribution in [0.2, 0.25) is 5.02 Å². The minimum absolute atomic E-state index is 0.314. The minimum Gasteiger partial charge on any atom is -0.497 e. The third kappa shape index (κ3) is 5.06. The van der Waals surface area contributed by atoms with Crippen LogP contribution in [0.25, 0.3) is 0 Å². The number of nitrogens with one attached hydrogen (secondary N) is 2. The normalized spacial score (nSPS) is 10.2. The first kappa shape index (κ1) is 20.2. The Morgan fingerprint density at radius 2 is 1.21 bits per heavy atom. The maximum Gasteiger partial charge on any atom is 0.255 e. The van der Waals surface area contributed by atoms with Gasteiger partial charge in [0.15, 0.2) is 0 Å². The van der Waals surface area contributed by atoms with Gasteiger partial charge < -0.3 is 20.1 Å². The summed E-state index contributed by atoms with van der Waals surface area (Å²) in [6.45, 7) is 0. The van der Waals surface area contributed by atoms with Crippen LogP contribution in [0.4, 0.5) is 11.4 Å². The number of hydrogen-bond acceptors (Lipinski definition) is 4. The van der Waals surface area contributed by atoms with Gasteiger partial charge in [-0.1, -0.05) is 23.7 Å². The molecule has 0 aliphatic carbocycles. The molecule has 0 aromatic heterocycles. The van der Waals surface area contributed by atoms with Gasteiger partial charge in [0.1, 0.15) is 11.5 Å². The Morgan fingerprint density at radius 1 is 0.724 bits per heavy atom. The zero-order chi connectivity index (χ0) is 20.8. The molecule has 7 heteroatoms. The highest BCUT2D eigenvalue weighted by Gasteiger charge is 2.14. The van der Waals surface area contributed by atoms with E-state index in [1.165, 1.54) is 14.2 Å². The van der Waals surface area contributed by atoms with E-state index in [1.807, 2.05) is 0 Å². The van der Waals surface area contributed by atoms with Gasteiger partial charge in [-0.25, -0.2) is 0 Å². The van der Waals surface area contributed by atoms with Crippen molar-refractivity contribution in [2.24, 2.45) is 0 Å². The van der Waals surface area contributed by atoms with Crippen LogP contribution in [-0.4, -0.2) is 26.0 Å². The molecule has 3 aromatic rings. The second kappa shape index (κ2) is 9.12. The number of benzene rings is 3. The Morgan fingerprint density at radius 3 is 1.69 bits per heavy atom. The smallest absolute Gasteiger partial charge is 0.255 e. The standard InChI is InChI=1S/C22H19ClN2O4/c1-28-17-11-15(12-18(13-17)29-2)22(27)25-20-6-4-3-5-19(20)24-21(26)14-7-9-16(23)10-8-14/h3-13H,1-2H3,(H,24,26)(H,25,27). The summed E-state index contributed by atoms with van der Waals surface area (Å²) in [7, 11) is 3.02. The van der Waals surface area contributed by atoms with Crippen molar-refractivity contribution < 1.29 is 19.1 Å². The Labute approximate surface area is 173 Å². The Hall–Kier alpha value is -3.51. The molecule has 0 saturated heterocycles. The van der Waals surface area contributed by atoms with E-state index >= 15 is 0 Å². The molecule has 2 amide bonds. The van der Waals surface area contributed by atoms with Gasteiger partial charge in [-0.3, -0.25) is 9.59 Å². The lowest BCUT2D eigenvalue weighted by Gasteiger charge is -2.13. The molecule has 0 bridgehead atoms. The van der Waals surface area contributed by atoms with E-state index in [-0.39, 0.29) is 11.8 Å². The van der Waals surface area contributed by atoms with Crippen molar-refractivity contribution in [3.05, 3.63) is 82.9 Å². The fourth-order valence-electron chi connectivity index (χ4n) is 2.63. The van der Waals surface area contributed by atoms with E-state index in [4.69, 9.17) is 21.1 Å². The fourth-order valence-corrected chi connectivity index (χ4v) is 2.76. The zero-order valence-electron chi connectivity index (χ0n) is 15.9. The van der Waals surface area contributed by atoms with Crippen LogP contribution in [0.1, 0.15) is 20.7 Å². The molecule has 0 spiro atoms. The zero-order valence-corrected chi connectivity index (χ0v) is 16.6. The number of carbonyl (C=O) groups excluding carboxylic acids is 2. The first-order valence-electron chi connectivity index (χ1n) is 8.70. The van der Waals surface area contributed by atoms with E-state index in [1.54, 1.807) is 66.7 Å². The highest BCUT2D eigenvalue weighted by atomic mass is 35.5. The first-order valence-corrected chi connectivity index (χ1v) is 9.08. The molecule has 3 rings (SSSR count). The van der Waals surface area contributed by atoms with Crippen molar-refractivity contribution in [2.45, 2.75) is 0 Å². The lowest BCUT2D eigenvalue weighted by Crippen LogP contribution is -2.17. The molecule has 3 aromatic carbocycles. The highest BCUT2D eigenvalue weighted by Crippen LogP contribution is 2.26. The maximum absolute atomic E-state index is 12.7. The molecule has 0 atom stereocenters. The number of amides is 2. The van der Waals surface area contributed by atoms with Crippen molar-refractivity contribution in [3.63, 3.8) is 0 Å². The van der Waals surface area contributed by atoms with Crippen LogP contribution in [-0.2, 0) is 0 Å². The van der Waals surface area contributed by atoms with Gasteiger partial charge in [-0.05, 0) is 48.5 Å². The largest absolute Gasteiger partial charge is 0.497 e. The molecule has 148 valence electrons. The number of carbonyl (C=O) groups is 2. The van der Waals surface area contributed by atoms with Gasteiger partial charge in [-0.2, -0.15) is 0 Å². The van der Waals surface area contributed by atoms with Crippen LogP contribution < -0.4 is 20.1 Å². The molecular formula is C22H19ClN2O4. The van der Waals surface area contributed by atoms with Gasteiger partial charge in [0.05, 0.1) is 25.6 Å². The Bertz CT molecular complexity index is 1010. The highest BCUT2D eigenvalue weighted by molar-refractivity contribution is 6.30. The summed E-state index contributed by atoms with van der Waals surface area (Å²) < 4.78 is 10.4. The monoisotopic (exact) mass is 410 g/mol. The molecule has 0 aliphatic heterocycles. The number of rotatable bonds is 6.